The third kappa shape index (κ3) is 5.93. The lowest BCUT2D eigenvalue weighted by atomic mass is 10.1. The fourth-order valence-corrected chi connectivity index (χ4v) is 3.09. The average Bonchev–Trinajstić information content (AvgIpc) is 2.97. The van der Waals surface area contributed by atoms with Crippen molar-refractivity contribution in [1.29, 1.82) is 0 Å². The molecule has 1 aromatic heterocycles. The van der Waals surface area contributed by atoms with E-state index in [0.29, 0.717) is 24.4 Å². The van der Waals surface area contributed by atoms with Gasteiger partial charge in [0.2, 0.25) is 5.78 Å². The lowest BCUT2D eigenvalue weighted by Crippen LogP contribution is -2.34. The minimum atomic E-state index is -0.683. The number of ether oxygens (including phenoxy) is 2. The van der Waals surface area contributed by atoms with E-state index in [1.807, 2.05) is 32.3 Å². The quantitative estimate of drug-likeness (QED) is 0.484. The summed E-state index contributed by atoms with van der Waals surface area (Å²) < 4.78 is 12.3. The van der Waals surface area contributed by atoms with Crippen LogP contribution in [0.15, 0.2) is 30.3 Å². The largest absolute Gasteiger partial charge is 0.454 e. The van der Waals surface area contributed by atoms with Gasteiger partial charge in [-0.3, -0.25) is 4.79 Å². The highest BCUT2D eigenvalue weighted by molar-refractivity contribution is 6.03. The highest BCUT2D eigenvalue weighted by atomic mass is 16.5. The molecule has 8 nitrogen and oxygen atoms in total. The number of hydrogen-bond acceptors (Lipinski definition) is 5. The summed E-state index contributed by atoms with van der Waals surface area (Å²) >= 11 is 0. The summed E-state index contributed by atoms with van der Waals surface area (Å²) in [5.74, 6) is -0.972. The summed E-state index contributed by atoms with van der Waals surface area (Å²) in [6.45, 7) is 8.21. The number of carbonyl (C=O) groups is 3. The zero-order valence-corrected chi connectivity index (χ0v) is 18.1. The summed E-state index contributed by atoms with van der Waals surface area (Å²) in [6.07, 6.45) is 0. The number of esters is 1. The molecular weight excluding hydrogens is 386 g/mol. The standard InChI is InChI=1S/C22H29N3O5/c1-14(2)23-22(28)24-19-9-7-6-8-17(19)21(27)30-13-20(26)18-12-15(3)25(16(18)4)10-11-29-5/h6-9,12,14H,10-11,13H2,1-5H3,(H2,23,24,28). The van der Waals surface area contributed by atoms with Gasteiger partial charge in [-0.2, -0.15) is 0 Å². The summed E-state index contributed by atoms with van der Waals surface area (Å²) in [4.78, 5) is 37.1. The third-order valence-corrected chi connectivity index (χ3v) is 4.54. The number of hydrogen-bond donors (Lipinski definition) is 2. The molecule has 1 heterocycles. The van der Waals surface area contributed by atoms with E-state index in [1.165, 1.54) is 6.07 Å². The number of anilines is 1. The summed E-state index contributed by atoms with van der Waals surface area (Å²) in [6, 6.07) is 7.80. The van der Waals surface area contributed by atoms with Gasteiger partial charge >= 0.3 is 12.0 Å². The lowest BCUT2D eigenvalue weighted by Gasteiger charge is -2.13. The van der Waals surface area contributed by atoms with Crippen LogP contribution in [0.3, 0.4) is 0 Å². The SMILES string of the molecule is COCCn1c(C)cc(C(=O)COC(=O)c2ccccc2NC(=O)NC(C)C)c1C. The molecule has 2 N–H and O–H groups in total. The predicted molar refractivity (Wildman–Crippen MR) is 114 cm³/mol. The molecule has 0 aliphatic heterocycles. The molecule has 1 aromatic carbocycles. The maximum absolute atomic E-state index is 12.6. The Bertz CT molecular complexity index is 917. The maximum atomic E-state index is 12.6. The van der Waals surface area contributed by atoms with E-state index in [1.54, 1.807) is 31.4 Å². The summed E-state index contributed by atoms with van der Waals surface area (Å²) in [5.41, 5.74) is 2.74. The molecule has 2 rings (SSSR count). The molecule has 0 spiro atoms. The molecule has 162 valence electrons. The van der Waals surface area contributed by atoms with Crippen LogP contribution in [0.1, 0.15) is 46.0 Å². The van der Waals surface area contributed by atoms with Gasteiger partial charge in [-0.15, -0.1) is 0 Å². The monoisotopic (exact) mass is 415 g/mol. The first kappa shape index (κ1) is 23.2. The highest BCUT2D eigenvalue weighted by Gasteiger charge is 2.19. The number of amides is 2. The molecular formula is C22H29N3O5. The van der Waals surface area contributed by atoms with Crippen LogP contribution in [0.5, 0.6) is 0 Å². The second-order valence-corrected chi connectivity index (χ2v) is 7.23. The Morgan fingerprint density at radius 2 is 1.80 bits per heavy atom. The number of urea groups is 1. The van der Waals surface area contributed by atoms with Crippen LogP contribution in [0.4, 0.5) is 10.5 Å². The van der Waals surface area contributed by atoms with Gasteiger partial charge in [-0.25, -0.2) is 9.59 Å². The molecule has 30 heavy (non-hydrogen) atoms. The van der Waals surface area contributed by atoms with E-state index >= 15 is 0 Å². The molecule has 0 fully saturated rings. The Morgan fingerprint density at radius 1 is 1.10 bits per heavy atom. The number of methoxy groups -OCH3 is 1. The highest BCUT2D eigenvalue weighted by Crippen LogP contribution is 2.18. The lowest BCUT2D eigenvalue weighted by molar-refractivity contribution is 0.0475. The second-order valence-electron chi connectivity index (χ2n) is 7.23. The van der Waals surface area contributed by atoms with Crippen molar-refractivity contribution >= 4 is 23.5 Å². The molecule has 0 atom stereocenters. The predicted octanol–water partition coefficient (Wildman–Crippen LogP) is 3.32. The Morgan fingerprint density at radius 3 is 2.47 bits per heavy atom. The average molecular weight is 415 g/mol. The number of para-hydroxylation sites is 1. The molecule has 0 unspecified atom stereocenters. The Balaban J connectivity index is 2.06. The maximum Gasteiger partial charge on any atom is 0.340 e. The van der Waals surface area contributed by atoms with Crippen molar-refractivity contribution in [3.8, 4) is 0 Å². The third-order valence-electron chi connectivity index (χ3n) is 4.54. The number of nitrogens with zero attached hydrogens (tertiary/aromatic N) is 1. The fraction of sp³-hybridized carbons (Fsp3) is 0.409. The zero-order valence-electron chi connectivity index (χ0n) is 18.1. The van der Waals surface area contributed by atoms with Crippen LogP contribution in [0.2, 0.25) is 0 Å². The normalized spacial score (nSPS) is 10.7. The van der Waals surface area contributed by atoms with E-state index in [0.717, 1.165) is 11.4 Å². The summed E-state index contributed by atoms with van der Waals surface area (Å²) in [7, 11) is 1.62. The number of aromatic nitrogens is 1. The molecule has 2 aromatic rings. The van der Waals surface area contributed by atoms with Crippen LogP contribution >= 0.6 is 0 Å². The number of aryl methyl sites for hydroxylation is 1. The molecule has 0 aliphatic carbocycles. The van der Waals surface area contributed by atoms with Gasteiger partial charge in [0.15, 0.2) is 6.61 Å². The van der Waals surface area contributed by atoms with E-state index in [4.69, 9.17) is 9.47 Å². The Kier molecular flexibility index (Phi) is 8.17. The molecule has 0 bridgehead atoms. The smallest absolute Gasteiger partial charge is 0.340 e. The van der Waals surface area contributed by atoms with Crippen molar-refractivity contribution < 1.29 is 23.9 Å². The van der Waals surface area contributed by atoms with Crippen LogP contribution in [-0.2, 0) is 16.0 Å². The van der Waals surface area contributed by atoms with Gasteiger partial charge in [0, 0.05) is 36.6 Å². The fourth-order valence-electron chi connectivity index (χ4n) is 3.09. The first-order chi connectivity index (χ1) is 14.2. The molecule has 0 saturated carbocycles. The topological polar surface area (TPSA) is 98.7 Å². The molecule has 0 saturated heterocycles. The number of benzene rings is 1. The van der Waals surface area contributed by atoms with Crippen molar-refractivity contribution in [1.82, 2.24) is 9.88 Å². The van der Waals surface area contributed by atoms with Gasteiger partial charge in [0.1, 0.15) is 0 Å². The number of ketones is 1. The van der Waals surface area contributed by atoms with E-state index in [9.17, 15) is 14.4 Å². The molecule has 2 amide bonds. The van der Waals surface area contributed by atoms with E-state index in [-0.39, 0.29) is 24.0 Å². The molecule has 8 heteroatoms. The zero-order chi connectivity index (χ0) is 22.3. The number of rotatable bonds is 9. The Labute approximate surface area is 176 Å². The van der Waals surface area contributed by atoms with Gasteiger partial charge in [0.05, 0.1) is 17.9 Å². The van der Waals surface area contributed by atoms with Crippen molar-refractivity contribution in [2.45, 2.75) is 40.3 Å². The number of nitrogens with one attached hydrogen (secondary N) is 2. The molecule has 0 radical (unpaired) electrons. The summed E-state index contributed by atoms with van der Waals surface area (Å²) in [5, 5.41) is 5.32. The first-order valence-electron chi connectivity index (χ1n) is 9.77. The van der Waals surface area contributed by atoms with Gasteiger partial charge in [-0.1, -0.05) is 12.1 Å². The van der Waals surface area contributed by atoms with Crippen molar-refractivity contribution in [2.75, 3.05) is 25.6 Å². The number of Topliss-reactive ketones (excluding diaryl/α,β-unsaturated/α-hetero) is 1. The second kappa shape index (κ2) is 10.6. The minimum absolute atomic E-state index is 0.0513. The van der Waals surface area contributed by atoms with Crippen LogP contribution < -0.4 is 10.6 Å². The van der Waals surface area contributed by atoms with E-state index in [2.05, 4.69) is 10.6 Å². The van der Waals surface area contributed by atoms with E-state index < -0.39 is 12.0 Å². The van der Waals surface area contributed by atoms with Crippen LogP contribution in [0, 0.1) is 13.8 Å². The van der Waals surface area contributed by atoms with Crippen LogP contribution in [0.25, 0.3) is 0 Å². The van der Waals surface area contributed by atoms with Crippen molar-refractivity contribution in [3.63, 3.8) is 0 Å². The van der Waals surface area contributed by atoms with Crippen molar-refractivity contribution in [3.05, 3.63) is 52.8 Å². The van der Waals surface area contributed by atoms with Crippen molar-refractivity contribution in [2.24, 2.45) is 0 Å². The van der Waals surface area contributed by atoms with Crippen LogP contribution in [-0.4, -0.2) is 48.7 Å². The molecule has 0 aliphatic rings. The number of carbonyl (C=O) groups excluding carboxylic acids is 3. The van der Waals surface area contributed by atoms with Gasteiger partial charge in [-0.05, 0) is 45.9 Å². The van der Waals surface area contributed by atoms with Gasteiger partial charge < -0.3 is 24.7 Å². The minimum Gasteiger partial charge on any atom is -0.454 e. The Hall–Kier alpha value is -3.13. The van der Waals surface area contributed by atoms with Gasteiger partial charge in [0.25, 0.3) is 0 Å². The first-order valence-corrected chi connectivity index (χ1v) is 9.77.